The molecule has 1 aromatic heterocycles. The molecule has 0 aliphatic heterocycles. The van der Waals surface area contributed by atoms with Gasteiger partial charge in [-0.15, -0.1) is 0 Å². The first-order valence-corrected chi connectivity index (χ1v) is 8.24. The number of para-hydroxylation sites is 1. The quantitative estimate of drug-likeness (QED) is 0.878. The van der Waals surface area contributed by atoms with Gasteiger partial charge in [0.05, 0.1) is 11.2 Å². The van der Waals surface area contributed by atoms with Gasteiger partial charge in [0.1, 0.15) is 0 Å². The van der Waals surface area contributed by atoms with Crippen LogP contribution in [0.15, 0.2) is 30.3 Å². The molecule has 2 aromatic rings. The Morgan fingerprint density at radius 3 is 2.71 bits per heavy atom. The van der Waals surface area contributed by atoms with E-state index in [9.17, 15) is 0 Å². The summed E-state index contributed by atoms with van der Waals surface area (Å²) in [6.45, 7) is 4.23. The number of hydrogen-bond acceptors (Lipinski definition) is 3. The number of aromatic nitrogens is 1. The maximum atomic E-state index is 4.84. The molecule has 110 valence electrons. The Kier molecular flexibility index (Phi) is 3.30. The van der Waals surface area contributed by atoms with Crippen LogP contribution >= 0.6 is 0 Å². The third-order valence-corrected chi connectivity index (χ3v) is 4.53. The number of rotatable bonds is 6. The molecule has 2 saturated carbocycles. The zero-order valence-electron chi connectivity index (χ0n) is 12.7. The molecule has 0 unspecified atom stereocenters. The topological polar surface area (TPSA) is 28.2 Å². The van der Waals surface area contributed by atoms with E-state index in [0.29, 0.717) is 0 Å². The lowest BCUT2D eigenvalue weighted by atomic mass is 10.1. The van der Waals surface area contributed by atoms with Crippen LogP contribution in [0, 0.1) is 0 Å². The minimum absolute atomic E-state index is 0.729. The standard InChI is InChI=1S/C18H23N3/c1-2-21(15-9-10-15)18-11-14(12-19-13-7-8-13)20-17-6-4-3-5-16(17)18/h3-6,11,13,15,19H,2,7-10,12H2,1H3. The Morgan fingerprint density at radius 2 is 2.00 bits per heavy atom. The number of benzene rings is 1. The molecule has 0 radical (unpaired) electrons. The molecule has 4 rings (SSSR count). The van der Waals surface area contributed by atoms with E-state index < -0.39 is 0 Å². The van der Waals surface area contributed by atoms with E-state index in [4.69, 9.17) is 4.98 Å². The summed E-state index contributed by atoms with van der Waals surface area (Å²) in [4.78, 5) is 7.40. The Hall–Kier alpha value is -1.61. The van der Waals surface area contributed by atoms with Crippen molar-refractivity contribution in [3.05, 3.63) is 36.0 Å². The Balaban J connectivity index is 1.73. The van der Waals surface area contributed by atoms with Crippen LogP contribution in [-0.4, -0.2) is 23.6 Å². The Labute approximate surface area is 126 Å². The summed E-state index contributed by atoms with van der Waals surface area (Å²) < 4.78 is 0. The number of fused-ring (bicyclic) bond motifs is 1. The molecule has 2 aliphatic carbocycles. The van der Waals surface area contributed by atoms with Crippen molar-refractivity contribution in [3.8, 4) is 0 Å². The molecule has 0 amide bonds. The molecule has 1 N–H and O–H groups in total. The first-order chi connectivity index (χ1) is 10.3. The van der Waals surface area contributed by atoms with Crippen LogP contribution in [0.2, 0.25) is 0 Å². The molecular formula is C18H23N3. The molecule has 0 atom stereocenters. The van der Waals surface area contributed by atoms with Gasteiger partial charge in [0.25, 0.3) is 0 Å². The molecule has 0 bridgehead atoms. The predicted octanol–water partition coefficient (Wildman–Crippen LogP) is 3.48. The first kappa shape index (κ1) is 13.1. The minimum atomic E-state index is 0.729. The van der Waals surface area contributed by atoms with Crippen molar-refractivity contribution in [2.45, 2.75) is 51.2 Å². The summed E-state index contributed by atoms with van der Waals surface area (Å²) in [7, 11) is 0. The van der Waals surface area contributed by atoms with Gasteiger partial charge < -0.3 is 10.2 Å². The highest BCUT2D eigenvalue weighted by Gasteiger charge is 2.29. The lowest BCUT2D eigenvalue weighted by molar-refractivity contribution is 0.676. The molecule has 3 heteroatoms. The van der Waals surface area contributed by atoms with Crippen LogP contribution in [0.4, 0.5) is 5.69 Å². The van der Waals surface area contributed by atoms with Crippen LogP contribution in [0.25, 0.3) is 10.9 Å². The maximum Gasteiger partial charge on any atom is 0.0726 e. The predicted molar refractivity (Wildman–Crippen MR) is 87.6 cm³/mol. The smallest absolute Gasteiger partial charge is 0.0726 e. The fraction of sp³-hybridized carbons (Fsp3) is 0.500. The van der Waals surface area contributed by atoms with Crippen molar-refractivity contribution in [2.24, 2.45) is 0 Å². The van der Waals surface area contributed by atoms with Gasteiger partial charge in [-0.3, -0.25) is 4.98 Å². The Bertz CT molecular complexity index is 644. The monoisotopic (exact) mass is 281 g/mol. The summed E-state index contributed by atoms with van der Waals surface area (Å²) in [6.07, 6.45) is 5.31. The van der Waals surface area contributed by atoms with Gasteiger partial charge in [-0.1, -0.05) is 18.2 Å². The van der Waals surface area contributed by atoms with E-state index in [0.717, 1.165) is 30.7 Å². The average Bonchev–Trinajstić information content (AvgIpc) is 3.39. The van der Waals surface area contributed by atoms with E-state index in [1.165, 1.54) is 42.5 Å². The molecule has 21 heavy (non-hydrogen) atoms. The van der Waals surface area contributed by atoms with E-state index in [1.54, 1.807) is 0 Å². The van der Waals surface area contributed by atoms with E-state index in [-0.39, 0.29) is 0 Å². The second-order valence-corrected chi connectivity index (χ2v) is 6.32. The van der Waals surface area contributed by atoms with Gasteiger partial charge in [-0.25, -0.2) is 0 Å². The third kappa shape index (κ3) is 2.75. The minimum Gasteiger partial charge on any atom is -0.368 e. The number of nitrogens with one attached hydrogen (secondary N) is 1. The zero-order chi connectivity index (χ0) is 14.2. The fourth-order valence-corrected chi connectivity index (χ4v) is 3.09. The lowest BCUT2D eigenvalue weighted by Gasteiger charge is -2.25. The van der Waals surface area contributed by atoms with Gasteiger partial charge in [-0.05, 0) is 44.7 Å². The molecule has 1 heterocycles. The van der Waals surface area contributed by atoms with Gasteiger partial charge in [0.2, 0.25) is 0 Å². The number of nitrogens with zero attached hydrogens (tertiary/aromatic N) is 2. The normalized spacial score (nSPS) is 18.1. The van der Waals surface area contributed by atoms with Crippen LogP contribution < -0.4 is 10.2 Å². The van der Waals surface area contributed by atoms with E-state index >= 15 is 0 Å². The first-order valence-electron chi connectivity index (χ1n) is 8.24. The zero-order valence-corrected chi connectivity index (χ0v) is 12.7. The summed E-state index contributed by atoms with van der Waals surface area (Å²) >= 11 is 0. The molecule has 3 nitrogen and oxygen atoms in total. The molecular weight excluding hydrogens is 258 g/mol. The maximum absolute atomic E-state index is 4.84. The van der Waals surface area contributed by atoms with Crippen molar-refractivity contribution < 1.29 is 0 Å². The molecule has 2 fully saturated rings. The highest BCUT2D eigenvalue weighted by molar-refractivity contribution is 5.92. The van der Waals surface area contributed by atoms with E-state index in [1.807, 2.05) is 0 Å². The molecule has 0 saturated heterocycles. The lowest BCUT2D eigenvalue weighted by Crippen LogP contribution is -2.26. The van der Waals surface area contributed by atoms with Crippen molar-refractivity contribution in [2.75, 3.05) is 11.4 Å². The van der Waals surface area contributed by atoms with Gasteiger partial charge in [-0.2, -0.15) is 0 Å². The van der Waals surface area contributed by atoms with Crippen molar-refractivity contribution in [3.63, 3.8) is 0 Å². The summed E-state index contributed by atoms with van der Waals surface area (Å²) in [5, 5.41) is 4.88. The number of hydrogen-bond donors (Lipinski definition) is 1. The SMILES string of the molecule is CCN(c1cc(CNC2CC2)nc2ccccc12)C1CC1. The van der Waals surface area contributed by atoms with Crippen LogP contribution in [0.1, 0.15) is 38.3 Å². The highest BCUT2D eigenvalue weighted by Crippen LogP contribution is 2.35. The third-order valence-electron chi connectivity index (χ3n) is 4.53. The number of anilines is 1. The summed E-state index contributed by atoms with van der Waals surface area (Å²) in [6, 6.07) is 12.3. The highest BCUT2D eigenvalue weighted by atomic mass is 15.2. The van der Waals surface area contributed by atoms with Crippen LogP contribution in [0.5, 0.6) is 0 Å². The summed E-state index contributed by atoms with van der Waals surface area (Å²) in [5.74, 6) is 0. The van der Waals surface area contributed by atoms with Crippen molar-refractivity contribution >= 4 is 16.6 Å². The molecule has 1 aromatic carbocycles. The second kappa shape index (κ2) is 5.30. The largest absolute Gasteiger partial charge is 0.368 e. The van der Waals surface area contributed by atoms with Crippen LogP contribution in [0.3, 0.4) is 0 Å². The number of pyridine rings is 1. The van der Waals surface area contributed by atoms with Crippen molar-refractivity contribution in [1.29, 1.82) is 0 Å². The van der Waals surface area contributed by atoms with Crippen LogP contribution in [-0.2, 0) is 6.54 Å². The second-order valence-electron chi connectivity index (χ2n) is 6.32. The van der Waals surface area contributed by atoms with Gasteiger partial charge in [0.15, 0.2) is 0 Å². The fourth-order valence-electron chi connectivity index (χ4n) is 3.09. The van der Waals surface area contributed by atoms with Gasteiger partial charge in [0, 0.05) is 36.2 Å². The van der Waals surface area contributed by atoms with Gasteiger partial charge >= 0.3 is 0 Å². The molecule has 2 aliphatic rings. The summed E-state index contributed by atoms with van der Waals surface area (Å²) in [5.41, 5.74) is 3.68. The van der Waals surface area contributed by atoms with Crippen molar-refractivity contribution in [1.82, 2.24) is 10.3 Å². The Morgan fingerprint density at radius 1 is 1.19 bits per heavy atom. The van der Waals surface area contributed by atoms with E-state index in [2.05, 4.69) is 47.5 Å². The average molecular weight is 281 g/mol. The molecule has 0 spiro atoms.